The predicted octanol–water partition coefficient (Wildman–Crippen LogP) is 3.88. The van der Waals surface area contributed by atoms with Gasteiger partial charge in [-0.3, -0.25) is 14.4 Å². The van der Waals surface area contributed by atoms with Gasteiger partial charge in [0.15, 0.2) is 5.78 Å². The second-order valence-electron chi connectivity index (χ2n) is 8.99. The zero-order valence-corrected chi connectivity index (χ0v) is 19.4. The molecule has 2 aromatic carbocycles. The first-order valence-corrected chi connectivity index (χ1v) is 11.4. The zero-order valence-electron chi connectivity index (χ0n) is 19.4. The second-order valence-corrected chi connectivity index (χ2v) is 8.99. The molecule has 0 saturated heterocycles. The molecule has 0 bridgehead atoms. The average Bonchev–Trinajstić information content (AvgIpc) is 2.77. The largest absolute Gasteiger partial charge is 0.345 e. The van der Waals surface area contributed by atoms with Crippen molar-refractivity contribution in [3.05, 3.63) is 71.8 Å². The lowest BCUT2D eigenvalue weighted by Gasteiger charge is -2.23. The van der Waals surface area contributed by atoms with Crippen molar-refractivity contribution in [1.82, 2.24) is 5.32 Å². The Kier molecular flexibility index (Phi) is 10.3. The van der Waals surface area contributed by atoms with Crippen LogP contribution in [0.5, 0.6) is 0 Å². The molecule has 0 unspecified atom stereocenters. The molecule has 0 aromatic heterocycles. The third-order valence-corrected chi connectivity index (χ3v) is 5.68. The molecule has 32 heavy (non-hydrogen) atoms. The van der Waals surface area contributed by atoms with Gasteiger partial charge in [0.2, 0.25) is 5.91 Å². The molecule has 0 aliphatic rings. The molecule has 1 amide bonds. The van der Waals surface area contributed by atoms with Gasteiger partial charge in [0.25, 0.3) is 0 Å². The normalized spacial score (nSPS) is 13.9. The van der Waals surface area contributed by atoms with E-state index in [1.807, 2.05) is 74.5 Å². The van der Waals surface area contributed by atoms with Crippen molar-refractivity contribution in [2.24, 2.45) is 17.6 Å². The number of rotatable bonds is 13. The van der Waals surface area contributed by atoms with Crippen molar-refractivity contribution >= 4 is 17.5 Å². The van der Waals surface area contributed by atoms with Crippen molar-refractivity contribution in [3.8, 4) is 0 Å². The van der Waals surface area contributed by atoms with Gasteiger partial charge in [-0.25, -0.2) is 0 Å². The lowest BCUT2D eigenvalue weighted by atomic mass is 9.87. The first kappa shape index (κ1) is 25.5. The van der Waals surface area contributed by atoms with Gasteiger partial charge in [0, 0.05) is 12.3 Å². The summed E-state index contributed by atoms with van der Waals surface area (Å²) in [5, 5.41) is 2.87. The van der Waals surface area contributed by atoms with Crippen molar-refractivity contribution < 1.29 is 14.4 Å². The van der Waals surface area contributed by atoms with E-state index in [-0.39, 0.29) is 29.8 Å². The van der Waals surface area contributed by atoms with Crippen LogP contribution in [0, 0.1) is 11.8 Å². The standard InChI is InChI=1S/C27H36N2O3/c1-19(2)16-25(29-27(32)24(28)15-14-21-10-6-4-7-11-21)26(31)18-23(20(3)30)17-22-12-8-5-9-13-22/h4-13,19,23-25H,14-18,28H2,1-3H3,(H,29,32)/t23-,24+,25+/m1/s1. The minimum Gasteiger partial charge on any atom is -0.345 e. The SMILES string of the molecule is CC(=O)[C@@H](CC(=O)[C@H](CC(C)C)NC(=O)[C@@H](N)CCc1ccccc1)Cc1ccccc1. The van der Waals surface area contributed by atoms with E-state index in [0.29, 0.717) is 25.7 Å². The van der Waals surface area contributed by atoms with Crippen LogP contribution >= 0.6 is 0 Å². The highest BCUT2D eigenvalue weighted by Gasteiger charge is 2.28. The van der Waals surface area contributed by atoms with Gasteiger partial charge in [-0.15, -0.1) is 0 Å². The number of hydrogen-bond donors (Lipinski definition) is 2. The fourth-order valence-corrected chi connectivity index (χ4v) is 3.76. The third-order valence-electron chi connectivity index (χ3n) is 5.68. The van der Waals surface area contributed by atoms with Crippen LogP contribution in [-0.2, 0) is 27.2 Å². The summed E-state index contributed by atoms with van der Waals surface area (Å²) in [5.41, 5.74) is 8.26. The van der Waals surface area contributed by atoms with Gasteiger partial charge in [0.1, 0.15) is 5.78 Å². The first-order chi connectivity index (χ1) is 15.3. The molecule has 0 aliphatic carbocycles. The fourth-order valence-electron chi connectivity index (χ4n) is 3.76. The molecule has 2 aromatic rings. The van der Waals surface area contributed by atoms with Gasteiger partial charge in [0.05, 0.1) is 12.1 Å². The van der Waals surface area contributed by atoms with E-state index in [0.717, 1.165) is 11.1 Å². The van der Waals surface area contributed by atoms with Gasteiger partial charge in [-0.2, -0.15) is 0 Å². The number of carbonyl (C=O) groups is 3. The van der Waals surface area contributed by atoms with Crippen molar-refractivity contribution in [2.75, 3.05) is 0 Å². The van der Waals surface area contributed by atoms with Crippen LogP contribution in [0.1, 0.15) is 51.2 Å². The predicted molar refractivity (Wildman–Crippen MR) is 128 cm³/mol. The monoisotopic (exact) mass is 436 g/mol. The Balaban J connectivity index is 1.99. The van der Waals surface area contributed by atoms with Gasteiger partial charge in [-0.1, -0.05) is 74.5 Å². The maximum atomic E-state index is 13.1. The minimum absolute atomic E-state index is 0.0172. The molecular formula is C27H36N2O3. The van der Waals surface area contributed by atoms with E-state index in [2.05, 4.69) is 5.32 Å². The summed E-state index contributed by atoms with van der Waals surface area (Å²) in [6, 6.07) is 18.2. The van der Waals surface area contributed by atoms with Crippen LogP contribution in [0.4, 0.5) is 0 Å². The highest BCUT2D eigenvalue weighted by atomic mass is 16.2. The Morgan fingerprint density at radius 2 is 1.47 bits per heavy atom. The summed E-state index contributed by atoms with van der Waals surface area (Å²) < 4.78 is 0. The molecular weight excluding hydrogens is 400 g/mol. The molecule has 0 spiro atoms. The van der Waals surface area contributed by atoms with Crippen LogP contribution in [0.25, 0.3) is 0 Å². The van der Waals surface area contributed by atoms with E-state index < -0.39 is 18.0 Å². The van der Waals surface area contributed by atoms with Crippen LogP contribution in [-0.4, -0.2) is 29.6 Å². The maximum Gasteiger partial charge on any atom is 0.237 e. The number of Topliss-reactive ketones (excluding diaryl/α,β-unsaturated/α-hetero) is 2. The van der Waals surface area contributed by atoms with E-state index in [4.69, 9.17) is 5.73 Å². The van der Waals surface area contributed by atoms with Crippen LogP contribution in [0.3, 0.4) is 0 Å². The van der Waals surface area contributed by atoms with Crippen LogP contribution in [0.2, 0.25) is 0 Å². The van der Waals surface area contributed by atoms with Gasteiger partial charge >= 0.3 is 0 Å². The second kappa shape index (κ2) is 12.9. The lowest BCUT2D eigenvalue weighted by Crippen LogP contribution is -2.49. The Morgan fingerprint density at radius 3 is 2.00 bits per heavy atom. The molecule has 0 heterocycles. The number of carbonyl (C=O) groups excluding carboxylic acids is 3. The van der Waals surface area contributed by atoms with Crippen molar-refractivity contribution in [3.63, 3.8) is 0 Å². The van der Waals surface area contributed by atoms with Gasteiger partial charge < -0.3 is 11.1 Å². The Bertz CT molecular complexity index is 865. The molecule has 0 aliphatic heterocycles. The molecule has 5 nitrogen and oxygen atoms in total. The number of nitrogens with two attached hydrogens (primary N) is 1. The topological polar surface area (TPSA) is 89.3 Å². The average molecular weight is 437 g/mol. The number of benzene rings is 2. The summed E-state index contributed by atoms with van der Waals surface area (Å²) in [6.45, 7) is 5.54. The Morgan fingerprint density at radius 1 is 0.906 bits per heavy atom. The molecule has 0 radical (unpaired) electrons. The van der Waals surface area contributed by atoms with E-state index in [9.17, 15) is 14.4 Å². The molecule has 172 valence electrons. The fraction of sp³-hybridized carbons (Fsp3) is 0.444. The highest BCUT2D eigenvalue weighted by molar-refractivity contribution is 5.93. The molecule has 5 heteroatoms. The maximum absolute atomic E-state index is 13.1. The van der Waals surface area contributed by atoms with E-state index >= 15 is 0 Å². The number of aryl methyl sites for hydroxylation is 1. The molecule has 3 atom stereocenters. The quantitative estimate of drug-likeness (QED) is 0.499. The first-order valence-electron chi connectivity index (χ1n) is 11.4. The summed E-state index contributed by atoms with van der Waals surface area (Å²) in [7, 11) is 0. The highest BCUT2D eigenvalue weighted by Crippen LogP contribution is 2.17. The zero-order chi connectivity index (χ0) is 23.5. The number of amides is 1. The Hall–Kier alpha value is -2.79. The van der Waals surface area contributed by atoms with E-state index in [1.54, 1.807) is 0 Å². The summed E-state index contributed by atoms with van der Waals surface area (Å²) in [5.74, 6) is -0.630. The summed E-state index contributed by atoms with van der Waals surface area (Å²) in [6.07, 6.45) is 2.35. The summed E-state index contributed by atoms with van der Waals surface area (Å²) >= 11 is 0. The number of hydrogen-bond acceptors (Lipinski definition) is 4. The molecule has 0 fully saturated rings. The van der Waals surface area contributed by atoms with Gasteiger partial charge in [-0.05, 0) is 49.7 Å². The van der Waals surface area contributed by atoms with Crippen LogP contribution in [0.15, 0.2) is 60.7 Å². The minimum atomic E-state index is -0.689. The van der Waals surface area contributed by atoms with Crippen molar-refractivity contribution in [2.45, 2.75) is 65.0 Å². The third kappa shape index (κ3) is 8.75. The molecule has 2 rings (SSSR count). The van der Waals surface area contributed by atoms with Crippen LogP contribution < -0.4 is 11.1 Å². The lowest BCUT2D eigenvalue weighted by molar-refractivity contribution is -0.131. The van der Waals surface area contributed by atoms with Crippen molar-refractivity contribution in [1.29, 1.82) is 0 Å². The summed E-state index contributed by atoms with van der Waals surface area (Å²) in [4.78, 5) is 38.0. The smallest absolute Gasteiger partial charge is 0.237 e. The molecule has 0 saturated carbocycles. The van der Waals surface area contributed by atoms with E-state index in [1.165, 1.54) is 6.92 Å². The number of nitrogens with one attached hydrogen (secondary N) is 1. The Labute approximate surface area is 191 Å². The molecule has 3 N–H and O–H groups in total. The number of ketones is 2.